The minimum atomic E-state index is -2.55. The summed E-state index contributed by atoms with van der Waals surface area (Å²) in [7, 11) is 0. The lowest BCUT2D eigenvalue weighted by Crippen LogP contribution is -2.28. The molecule has 6 heteroatoms. The first-order chi connectivity index (χ1) is 12.0. The van der Waals surface area contributed by atoms with Gasteiger partial charge in [-0.25, -0.2) is 8.78 Å². The Labute approximate surface area is 144 Å². The number of amides is 1. The SMILES string of the molecule is Cc1ccc(NC(=O)C2OCCc3ccccc32)cc1OCC(F)F. The van der Waals surface area contributed by atoms with Crippen molar-refractivity contribution in [3.8, 4) is 5.75 Å². The molecule has 2 aromatic carbocycles. The van der Waals surface area contributed by atoms with Crippen molar-refractivity contribution in [1.29, 1.82) is 0 Å². The Morgan fingerprint density at radius 2 is 2.12 bits per heavy atom. The fraction of sp³-hybridized carbons (Fsp3) is 0.316. The van der Waals surface area contributed by atoms with E-state index in [-0.39, 0.29) is 5.91 Å². The number of benzene rings is 2. The molecule has 1 heterocycles. The highest BCUT2D eigenvalue weighted by molar-refractivity contribution is 5.95. The van der Waals surface area contributed by atoms with E-state index in [2.05, 4.69) is 5.32 Å². The van der Waals surface area contributed by atoms with Crippen LogP contribution in [0.15, 0.2) is 42.5 Å². The van der Waals surface area contributed by atoms with Crippen molar-refractivity contribution in [3.05, 3.63) is 59.2 Å². The Kier molecular flexibility index (Phi) is 5.28. The number of hydrogen-bond donors (Lipinski definition) is 1. The molecule has 1 aliphatic heterocycles. The molecule has 1 N–H and O–H groups in total. The molecule has 2 aromatic rings. The molecule has 3 rings (SSSR count). The number of carbonyl (C=O) groups is 1. The number of aryl methyl sites for hydroxylation is 1. The Hall–Kier alpha value is -2.47. The first kappa shape index (κ1) is 17.4. The monoisotopic (exact) mass is 347 g/mol. The number of ether oxygens (including phenoxy) is 2. The molecule has 0 saturated heterocycles. The molecule has 0 aliphatic carbocycles. The average molecular weight is 347 g/mol. The number of alkyl halides is 2. The second-order valence-electron chi connectivity index (χ2n) is 5.87. The van der Waals surface area contributed by atoms with Crippen LogP contribution in [0.2, 0.25) is 0 Å². The highest BCUT2D eigenvalue weighted by atomic mass is 19.3. The molecule has 132 valence electrons. The fourth-order valence-electron chi connectivity index (χ4n) is 2.81. The van der Waals surface area contributed by atoms with Gasteiger partial charge in [0, 0.05) is 11.8 Å². The van der Waals surface area contributed by atoms with Gasteiger partial charge in [-0.05, 0) is 36.1 Å². The zero-order chi connectivity index (χ0) is 17.8. The van der Waals surface area contributed by atoms with E-state index in [4.69, 9.17) is 9.47 Å². The minimum absolute atomic E-state index is 0.296. The van der Waals surface area contributed by atoms with Crippen LogP contribution in [0.25, 0.3) is 0 Å². The third-order valence-electron chi connectivity index (χ3n) is 4.05. The smallest absolute Gasteiger partial charge is 0.272 e. The van der Waals surface area contributed by atoms with Crippen LogP contribution < -0.4 is 10.1 Å². The maximum atomic E-state index is 12.6. The molecular formula is C19H19F2NO3. The van der Waals surface area contributed by atoms with E-state index < -0.39 is 19.1 Å². The van der Waals surface area contributed by atoms with Gasteiger partial charge in [0.2, 0.25) is 0 Å². The molecule has 1 atom stereocenters. The van der Waals surface area contributed by atoms with Gasteiger partial charge in [0.1, 0.15) is 12.4 Å². The summed E-state index contributed by atoms with van der Waals surface area (Å²) in [6.45, 7) is 1.55. The molecule has 0 radical (unpaired) electrons. The van der Waals surface area contributed by atoms with Crippen molar-refractivity contribution < 1.29 is 23.0 Å². The van der Waals surface area contributed by atoms with Crippen LogP contribution in [0.4, 0.5) is 14.5 Å². The van der Waals surface area contributed by atoms with E-state index in [9.17, 15) is 13.6 Å². The number of halogens is 2. The second kappa shape index (κ2) is 7.61. The molecule has 0 bridgehead atoms. The van der Waals surface area contributed by atoms with Gasteiger partial charge >= 0.3 is 0 Å². The first-order valence-corrected chi connectivity index (χ1v) is 8.06. The molecule has 0 fully saturated rings. The van der Waals surface area contributed by atoms with Crippen molar-refractivity contribution in [2.75, 3.05) is 18.5 Å². The summed E-state index contributed by atoms with van der Waals surface area (Å²) in [4.78, 5) is 12.6. The number of carbonyl (C=O) groups excluding carboxylic acids is 1. The zero-order valence-corrected chi connectivity index (χ0v) is 13.8. The van der Waals surface area contributed by atoms with Gasteiger partial charge in [-0.2, -0.15) is 0 Å². The summed E-state index contributed by atoms with van der Waals surface area (Å²) in [5, 5.41) is 2.78. The van der Waals surface area contributed by atoms with E-state index in [0.717, 1.165) is 23.1 Å². The Morgan fingerprint density at radius 3 is 2.92 bits per heavy atom. The van der Waals surface area contributed by atoms with Gasteiger partial charge in [-0.15, -0.1) is 0 Å². The summed E-state index contributed by atoms with van der Waals surface area (Å²) in [5.74, 6) is 0.0267. The van der Waals surface area contributed by atoms with Crippen LogP contribution in [0.3, 0.4) is 0 Å². The van der Waals surface area contributed by atoms with Crippen molar-refractivity contribution in [2.45, 2.75) is 25.9 Å². The minimum Gasteiger partial charge on any atom is -0.487 e. The summed E-state index contributed by atoms with van der Waals surface area (Å²) in [6, 6.07) is 12.6. The van der Waals surface area contributed by atoms with Crippen LogP contribution in [0.1, 0.15) is 22.8 Å². The van der Waals surface area contributed by atoms with E-state index >= 15 is 0 Å². The Morgan fingerprint density at radius 1 is 1.32 bits per heavy atom. The van der Waals surface area contributed by atoms with Crippen LogP contribution in [0.5, 0.6) is 5.75 Å². The van der Waals surface area contributed by atoms with E-state index in [1.54, 1.807) is 25.1 Å². The van der Waals surface area contributed by atoms with Crippen LogP contribution in [-0.4, -0.2) is 25.5 Å². The standard InChI is InChI=1S/C19H19F2NO3/c1-12-6-7-14(10-16(12)25-11-17(20)21)22-19(23)18-15-5-3-2-4-13(15)8-9-24-18/h2-7,10,17-18H,8-9,11H2,1H3,(H,22,23). The topological polar surface area (TPSA) is 47.6 Å². The van der Waals surface area contributed by atoms with E-state index in [1.807, 2.05) is 24.3 Å². The quantitative estimate of drug-likeness (QED) is 0.893. The van der Waals surface area contributed by atoms with Crippen molar-refractivity contribution in [2.24, 2.45) is 0 Å². The third-order valence-corrected chi connectivity index (χ3v) is 4.05. The second-order valence-corrected chi connectivity index (χ2v) is 5.87. The maximum absolute atomic E-state index is 12.6. The highest BCUT2D eigenvalue weighted by Crippen LogP contribution is 2.29. The predicted molar refractivity (Wildman–Crippen MR) is 90.1 cm³/mol. The molecule has 1 amide bonds. The van der Waals surface area contributed by atoms with Gasteiger partial charge in [0.15, 0.2) is 6.10 Å². The van der Waals surface area contributed by atoms with Gasteiger partial charge in [0.25, 0.3) is 12.3 Å². The average Bonchev–Trinajstić information content (AvgIpc) is 2.61. The predicted octanol–water partition coefficient (Wildman–Crippen LogP) is 3.89. The van der Waals surface area contributed by atoms with Gasteiger partial charge in [0.05, 0.1) is 6.61 Å². The lowest BCUT2D eigenvalue weighted by Gasteiger charge is -2.25. The van der Waals surface area contributed by atoms with Crippen molar-refractivity contribution >= 4 is 11.6 Å². The van der Waals surface area contributed by atoms with Crippen molar-refractivity contribution in [3.63, 3.8) is 0 Å². The largest absolute Gasteiger partial charge is 0.487 e. The molecule has 0 aromatic heterocycles. The van der Waals surface area contributed by atoms with Crippen LogP contribution in [0, 0.1) is 6.92 Å². The van der Waals surface area contributed by atoms with Crippen LogP contribution >= 0.6 is 0 Å². The van der Waals surface area contributed by atoms with E-state index in [1.165, 1.54) is 0 Å². The summed E-state index contributed by atoms with van der Waals surface area (Å²) >= 11 is 0. The van der Waals surface area contributed by atoms with Gasteiger partial charge in [-0.3, -0.25) is 4.79 Å². The molecule has 1 unspecified atom stereocenters. The number of rotatable bonds is 5. The van der Waals surface area contributed by atoms with E-state index in [0.29, 0.717) is 18.0 Å². The van der Waals surface area contributed by atoms with Gasteiger partial charge < -0.3 is 14.8 Å². The molecule has 0 saturated carbocycles. The third kappa shape index (κ3) is 4.14. The Bertz CT molecular complexity index is 764. The molecule has 1 aliphatic rings. The Balaban J connectivity index is 1.74. The first-order valence-electron chi connectivity index (χ1n) is 8.06. The lowest BCUT2D eigenvalue weighted by molar-refractivity contribution is -0.128. The highest BCUT2D eigenvalue weighted by Gasteiger charge is 2.27. The summed E-state index contributed by atoms with van der Waals surface area (Å²) in [5.41, 5.74) is 3.15. The summed E-state index contributed by atoms with van der Waals surface area (Å²) in [6.07, 6.45) is -2.46. The fourth-order valence-corrected chi connectivity index (χ4v) is 2.81. The maximum Gasteiger partial charge on any atom is 0.272 e. The summed E-state index contributed by atoms with van der Waals surface area (Å²) < 4.78 is 35.4. The lowest BCUT2D eigenvalue weighted by atomic mass is 9.97. The number of hydrogen-bond acceptors (Lipinski definition) is 3. The van der Waals surface area contributed by atoms with Crippen LogP contribution in [-0.2, 0) is 16.0 Å². The number of fused-ring (bicyclic) bond motifs is 1. The zero-order valence-electron chi connectivity index (χ0n) is 13.8. The molecule has 4 nitrogen and oxygen atoms in total. The molecule has 0 spiro atoms. The van der Waals surface area contributed by atoms with Crippen molar-refractivity contribution in [1.82, 2.24) is 0 Å². The normalized spacial score (nSPS) is 16.4. The van der Waals surface area contributed by atoms with Gasteiger partial charge in [-0.1, -0.05) is 30.3 Å². The number of anilines is 1. The molecular weight excluding hydrogens is 328 g/mol. The number of nitrogens with one attached hydrogen (secondary N) is 1. The molecule has 25 heavy (non-hydrogen) atoms.